The van der Waals surface area contributed by atoms with Crippen molar-refractivity contribution in [1.29, 1.82) is 0 Å². The largest absolute Gasteiger partial charge is 0.369 e. The average Bonchev–Trinajstić information content (AvgIpc) is 2.39. The molecule has 0 bridgehead atoms. The summed E-state index contributed by atoms with van der Waals surface area (Å²) in [6, 6.07) is 3.81. The molecule has 1 saturated heterocycles. The highest BCUT2D eigenvalue weighted by Crippen LogP contribution is 2.28. The third-order valence-electron chi connectivity index (χ3n) is 4.06. The van der Waals surface area contributed by atoms with E-state index in [0.29, 0.717) is 5.69 Å². The number of rotatable bonds is 3. The molecule has 1 aromatic rings. The second-order valence-electron chi connectivity index (χ2n) is 5.46. The third-order valence-corrected chi connectivity index (χ3v) is 4.97. The van der Waals surface area contributed by atoms with E-state index in [1.54, 1.807) is 0 Å². The van der Waals surface area contributed by atoms with Gasteiger partial charge in [-0.1, -0.05) is 0 Å². The molecule has 0 saturated carbocycles. The summed E-state index contributed by atoms with van der Waals surface area (Å²) in [5.41, 5.74) is 0.503. The Morgan fingerprint density at radius 3 is 2.40 bits per heavy atom. The van der Waals surface area contributed by atoms with E-state index < -0.39 is 15.8 Å². The molecule has 0 aliphatic carbocycles. The van der Waals surface area contributed by atoms with E-state index in [4.69, 9.17) is 5.14 Å². The SMILES string of the molecule is CNC1(C)CCN(c2ccc(S(N)(=O)=O)cc2F)CC1. The zero-order valence-corrected chi connectivity index (χ0v) is 12.5. The smallest absolute Gasteiger partial charge is 0.238 e. The van der Waals surface area contributed by atoms with Crippen molar-refractivity contribution < 1.29 is 12.8 Å². The maximum absolute atomic E-state index is 14.1. The minimum absolute atomic E-state index is 0.0769. The van der Waals surface area contributed by atoms with Crippen LogP contribution < -0.4 is 15.4 Å². The molecule has 0 atom stereocenters. The fourth-order valence-electron chi connectivity index (χ4n) is 2.41. The second kappa shape index (κ2) is 5.31. The van der Waals surface area contributed by atoms with Gasteiger partial charge in [-0.15, -0.1) is 0 Å². The number of nitrogens with two attached hydrogens (primary N) is 1. The van der Waals surface area contributed by atoms with E-state index in [2.05, 4.69) is 12.2 Å². The Bertz CT molecular complexity index is 596. The van der Waals surface area contributed by atoms with Crippen molar-refractivity contribution >= 4 is 15.7 Å². The maximum Gasteiger partial charge on any atom is 0.238 e. The molecule has 1 aliphatic heterocycles. The maximum atomic E-state index is 14.1. The lowest BCUT2D eigenvalue weighted by Gasteiger charge is -2.40. The molecule has 7 heteroatoms. The zero-order chi connectivity index (χ0) is 15.0. The van der Waals surface area contributed by atoms with Gasteiger partial charge in [0.15, 0.2) is 0 Å². The fourth-order valence-corrected chi connectivity index (χ4v) is 2.94. The number of anilines is 1. The van der Waals surface area contributed by atoms with Crippen LogP contribution in [0.1, 0.15) is 19.8 Å². The van der Waals surface area contributed by atoms with Gasteiger partial charge in [-0.25, -0.2) is 17.9 Å². The van der Waals surface area contributed by atoms with E-state index in [-0.39, 0.29) is 10.4 Å². The summed E-state index contributed by atoms with van der Waals surface area (Å²) >= 11 is 0. The van der Waals surface area contributed by atoms with Crippen molar-refractivity contribution in [3.05, 3.63) is 24.0 Å². The predicted molar refractivity (Wildman–Crippen MR) is 76.7 cm³/mol. The first kappa shape index (κ1) is 15.2. The molecular weight excluding hydrogens is 281 g/mol. The average molecular weight is 301 g/mol. The van der Waals surface area contributed by atoms with Crippen LogP contribution in [0.5, 0.6) is 0 Å². The quantitative estimate of drug-likeness (QED) is 0.875. The highest BCUT2D eigenvalue weighted by Gasteiger charge is 2.29. The lowest BCUT2D eigenvalue weighted by Crippen LogP contribution is -2.50. The Morgan fingerprint density at radius 2 is 1.95 bits per heavy atom. The number of hydrogen-bond acceptors (Lipinski definition) is 4. The summed E-state index contributed by atoms with van der Waals surface area (Å²) in [4.78, 5) is 1.73. The summed E-state index contributed by atoms with van der Waals surface area (Å²) in [6.45, 7) is 3.59. The van der Waals surface area contributed by atoms with Crippen LogP contribution in [0.3, 0.4) is 0 Å². The van der Waals surface area contributed by atoms with E-state index >= 15 is 0 Å². The van der Waals surface area contributed by atoms with Crippen LogP contribution >= 0.6 is 0 Å². The first-order valence-corrected chi connectivity index (χ1v) is 8.06. The van der Waals surface area contributed by atoms with Gasteiger partial charge in [-0.3, -0.25) is 0 Å². The molecule has 1 fully saturated rings. The van der Waals surface area contributed by atoms with Gasteiger partial charge in [0.1, 0.15) is 5.82 Å². The fraction of sp³-hybridized carbons (Fsp3) is 0.538. The van der Waals surface area contributed by atoms with E-state index in [0.717, 1.165) is 32.0 Å². The Kier molecular flexibility index (Phi) is 4.04. The summed E-state index contributed by atoms with van der Waals surface area (Å²) < 4.78 is 36.4. The normalized spacial score (nSPS) is 19.1. The number of piperidine rings is 1. The first-order valence-electron chi connectivity index (χ1n) is 6.51. The van der Waals surface area contributed by atoms with Gasteiger partial charge in [0.2, 0.25) is 10.0 Å². The number of hydrogen-bond donors (Lipinski definition) is 2. The molecule has 112 valence electrons. The van der Waals surface area contributed by atoms with Gasteiger partial charge in [-0.2, -0.15) is 0 Å². The van der Waals surface area contributed by atoms with Crippen LogP contribution in [0.25, 0.3) is 0 Å². The predicted octanol–water partition coefficient (Wildman–Crippen LogP) is 1.05. The summed E-state index contributed by atoms with van der Waals surface area (Å²) in [6.07, 6.45) is 1.81. The summed E-state index contributed by atoms with van der Waals surface area (Å²) in [5.74, 6) is -0.551. The molecule has 0 spiro atoms. The van der Waals surface area contributed by atoms with Crippen molar-refractivity contribution in [2.75, 3.05) is 25.0 Å². The van der Waals surface area contributed by atoms with Crippen molar-refractivity contribution in [2.45, 2.75) is 30.2 Å². The van der Waals surface area contributed by atoms with Gasteiger partial charge in [-0.05, 0) is 45.0 Å². The molecule has 1 aliphatic rings. The van der Waals surface area contributed by atoms with E-state index in [9.17, 15) is 12.8 Å². The zero-order valence-electron chi connectivity index (χ0n) is 11.7. The number of halogens is 1. The molecule has 0 aromatic heterocycles. The third kappa shape index (κ3) is 3.11. The van der Waals surface area contributed by atoms with Gasteiger partial charge in [0, 0.05) is 18.6 Å². The molecule has 0 amide bonds. The van der Waals surface area contributed by atoms with Crippen molar-refractivity contribution in [3.63, 3.8) is 0 Å². The molecule has 3 N–H and O–H groups in total. The molecule has 2 rings (SSSR count). The molecule has 5 nitrogen and oxygen atoms in total. The Hall–Kier alpha value is -1.18. The van der Waals surface area contributed by atoms with Crippen molar-refractivity contribution in [1.82, 2.24) is 5.32 Å². The van der Waals surface area contributed by atoms with Crippen LogP contribution in [-0.2, 0) is 10.0 Å². The molecule has 1 aromatic carbocycles. The van der Waals surface area contributed by atoms with Crippen LogP contribution in [0.4, 0.5) is 10.1 Å². The second-order valence-corrected chi connectivity index (χ2v) is 7.02. The summed E-state index contributed by atoms with van der Waals surface area (Å²) in [5, 5.41) is 8.27. The summed E-state index contributed by atoms with van der Waals surface area (Å²) in [7, 11) is -1.94. The highest BCUT2D eigenvalue weighted by molar-refractivity contribution is 7.89. The highest BCUT2D eigenvalue weighted by atomic mass is 32.2. The number of sulfonamides is 1. The molecule has 1 heterocycles. The van der Waals surface area contributed by atoms with Gasteiger partial charge >= 0.3 is 0 Å². The molecule has 0 unspecified atom stereocenters. The topological polar surface area (TPSA) is 75.4 Å². The number of nitrogens with one attached hydrogen (secondary N) is 1. The minimum Gasteiger partial charge on any atom is -0.369 e. The standard InChI is InChI=1S/C13H20FN3O2S/c1-13(16-2)5-7-17(8-6-13)12-4-3-10(9-11(12)14)20(15,18)19/h3-4,9,16H,5-8H2,1-2H3,(H2,15,18,19). The van der Waals surface area contributed by atoms with Gasteiger partial charge < -0.3 is 10.2 Å². The van der Waals surface area contributed by atoms with Crippen molar-refractivity contribution in [3.8, 4) is 0 Å². The Labute approximate surface area is 119 Å². The number of nitrogens with zero attached hydrogens (tertiary/aromatic N) is 1. The van der Waals surface area contributed by atoms with E-state index in [1.807, 2.05) is 11.9 Å². The number of benzene rings is 1. The molecular formula is C13H20FN3O2S. The van der Waals surface area contributed by atoms with Crippen LogP contribution in [0.2, 0.25) is 0 Å². The first-order chi connectivity index (χ1) is 9.25. The van der Waals surface area contributed by atoms with Crippen LogP contribution in [0, 0.1) is 5.82 Å². The van der Waals surface area contributed by atoms with Crippen LogP contribution in [0.15, 0.2) is 23.1 Å². The molecule has 20 heavy (non-hydrogen) atoms. The Morgan fingerprint density at radius 1 is 1.35 bits per heavy atom. The lowest BCUT2D eigenvalue weighted by molar-refractivity contribution is 0.304. The van der Waals surface area contributed by atoms with Crippen LogP contribution in [-0.4, -0.2) is 34.1 Å². The monoisotopic (exact) mass is 301 g/mol. The van der Waals surface area contributed by atoms with E-state index in [1.165, 1.54) is 12.1 Å². The Balaban J connectivity index is 2.19. The van der Waals surface area contributed by atoms with Gasteiger partial charge in [0.25, 0.3) is 0 Å². The van der Waals surface area contributed by atoms with Crippen molar-refractivity contribution in [2.24, 2.45) is 5.14 Å². The minimum atomic E-state index is -3.86. The molecule has 0 radical (unpaired) electrons. The number of primary sulfonamides is 1. The lowest BCUT2D eigenvalue weighted by atomic mass is 9.89. The van der Waals surface area contributed by atoms with Gasteiger partial charge in [0.05, 0.1) is 10.6 Å².